The summed E-state index contributed by atoms with van der Waals surface area (Å²) >= 11 is 0. The van der Waals surface area contributed by atoms with Gasteiger partial charge in [0, 0.05) is 44.7 Å². The summed E-state index contributed by atoms with van der Waals surface area (Å²) in [5.74, 6) is 1.73. The van der Waals surface area contributed by atoms with Crippen molar-refractivity contribution in [2.24, 2.45) is 0 Å². The Kier molecular flexibility index (Phi) is 5.82. The summed E-state index contributed by atoms with van der Waals surface area (Å²) in [5, 5.41) is 10.0. The fourth-order valence-electron chi connectivity index (χ4n) is 3.70. The predicted molar refractivity (Wildman–Crippen MR) is 116 cm³/mol. The van der Waals surface area contributed by atoms with Gasteiger partial charge in [0.1, 0.15) is 0 Å². The van der Waals surface area contributed by atoms with Crippen molar-refractivity contribution in [3.05, 3.63) is 52.9 Å². The van der Waals surface area contributed by atoms with Crippen molar-refractivity contribution in [3.8, 4) is 0 Å². The summed E-state index contributed by atoms with van der Waals surface area (Å²) in [7, 11) is -3.43. The third kappa shape index (κ3) is 4.76. The van der Waals surface area contributed by atoms with Gasteiger partial charge in [0.15, 0.2) is 11.6 Å². The van der Waals surface area contributed by atoms with Gasteiger partial charge in [-0.1, -0.05) is 29.8 Å². The molecule has 2 aliphatic rings. The van der Waals surface area contributed by atoms with E-state index >= 15 is 0 Å². The summed E-state index contributed by atoms with van der Waals surface area (Å²) in [6.45, 7) is 6.19. The maximum absolute atomic E-state index is 12.6. The van der Waals surface area contributed by atoms with Gasteiger partial charge in [0.05, 0.1) is 0 Å². The van der Waals surface area contributed by atoms with Gasteiger partial charge in [-0.15, -0.1) is 10.2 Å². The van der Waals surface area contributed by atoms with E-state index < -0.39 is 10.0 Å². The number of aryl methyl sites for hydroxylation is 1. The van der Waals surface area contributed by atoms with Crippen molar-refractivity contribution >= 4 is 27.7 Å². The van der Waals surface area contributed by atoms with Crippen molar-refractivity contribution in [2.45, 2.75) is 19.8 Å². The number of hydrogen-bond acceptors (Lipinski definition) is 6. The van der Waals surface area contributed by atoms with E-state index in [1.54, 1.807) is 6.08 Å². The maximum atomic E-state index is 12.6. The molecule has 0 amide bonds. The van der Waals surface area contributed by atoms with Crippen molar-refractivity contribution < 1.29 is 8.42 Å². The lowest BCUT2D eigenvalue weighted by Crippen LogP contribution is -2.48. The number of anilines is 2. The molecule has 1 aromatic heterocycles. The number of benzene rings is 1. The molecule has 0 N–H and O–H groups in total. The largest absolute Gasteiger partial charge is 0.355 e. The van der Waals surface area contributed by atoms with Crippen LogP contribution in [0.15, 0.2) is 41.8 Å². The second kappa shape index (κ2) is 8.51. The Labute approximate surface area is 172 Å². The normalized spacial score (nSPS) is 18.7. The molecule has 0 saturated carbocycles. The molecule has 0 unspecified atom stereocenters. The average molecular weight is 414 g/mol. The van der Waals surface area contributed by atoms with Crippen LogP contribution < -0.4 is 9.80 Å². The van der Waals surface area contributed by atoms with E-state index in [4.69, 9.17) is 0 Å². The lowest BCUT2D eigenvalue weighted by atomic mass is 10.2. The first-order chi connectivity index (χ1) is 14.0. The van der Waals surface area contributed by atoms with Crippen molar-refractivity contribution in [2.75, 3.05) is 49.1 Å². The number of rotatable bonds is 5. The summed E-state index contributed by atoms with van der Waals surface area (Å²) in [6, 6.07) is 11.8. The number of nitrogens with zero attached hydrogens (tertiary/aromatic N) is 5. The van der Waals surface area contributed by atoms with Crippen LogP contribution in [0.2, 0.25) is 0 Å². The summed E-state index contributed by atoms with van der Waals surface area (Å²) in [5.41, 5.74) is 2.03. The van der Waals surface area contributed by atoms with Gasteiger partial charge in [0.25, 0.3) is 0 Å². The molecule has 154 valence electrons. The van der Waals surface area contributed by atoms with Crippen LogP contribution in [0.4, 0.5) is 11.6 Å². The van der Waals surface area contributed by atoms with E-state index in [2.05, 4.69) is 20.0 Å². The van der Waals surface area contributed by atoms with E-state index in [0.29, 0.717) is 26.2 Å². The van der Waals surface area contributed by atoms with Gasteiger partial charge in [0.2, 0.25) is 10.0 Å². The number of hydrogen-bond donors (Lipinski definition) is 0. The average Bonchev–Trinajstić information content (AvgIpc) is 3.29. The van der Waals surface area contributed by atoms with E-state index in [1.807, 2.05) is 43.3 Å². The lowest BCUT2D eigenvalue weighted by Gasteiger charge is -2.33. The van der Waals surface area contributed by atoms with Gasteiger partial charge >= 0.3 is 0 Å². The molecule has 0 aliphatic carbocycles. The summed E-state index contributed by atoms with van der Waals surface area (Å²) in [6.07, 6.45) is 4.07. The molecule has 29 heavy (non-hydrogen) atoms. The van der Waals surface area contributed by atoms with Crippen molar-refractivity contribution in [1.29, 1.82) is 0 Å². The monoisotopic (exact) mass is 413 g/mol. The summed E-state index contributed by atoms with van der Waals surface area (Å²) in [4.78, 5) is 4.35. The van der Waals surface area contributed by atoms with Gasteiger partial charge in [-0.05, 0) is 43.5 Å². The van der Waals surface area contributed by atoms with Gasteiger partial charge in [-0.2, -0.15) is 4.31 Å². The first-order valence-electron chi connectivity index (χ1n) is 10.1. The van der Waals surface area contributed by atoms with E-state index in [1.165, 1.54) is 22.6 Å². The van der Waals surface area contributed by atoms with Crippen LogP contribution >= 0.6 is 0 Å². The fraction of sp³-hybridized carbons (Fsp3) is 0.429. The molecule has 0 radical (unpaired) electrons. The number of aromatic nitrogens is 2. The highest BCUT2D eigenvalue weighted by atomic mass is 32.2. The molecule has 2 aliphatic heterocycles. The third-order valence-electron chi connectivity index (χ3n) is 5.50. The highest BCUT2D eigenvalue weighted by Crippen LogP contribution is 2.20. The Morgan fingerprint density at radius 3 is 1.90 bits per heavy atom. The van der Waals surface area contributed by atoms with E-state index in [-0.39, 0.29) is 0 Å². The molecule has 2 fully saturated rings. The minimum atomic E-state index is -3.43. The first kappa shape index (κ1) is 19.8. The molecular weight excluding hydrogens is 386 g/mol. The SMILES string of the molecule is Cc1ccc(/C=C/S(=O)(=O)N2CCN(c3ccc(N4CCCC4)nn3)CC2)cc1. The minimum Gasteiger partial charge on any atom is -0.355 e. The highest BCUT2D eigenvalue weighted by molar-refractivity contribution is 7.92. The lowest BCUT2D eigenvalue weighted by molar-refractivity contribution is 0.388. The molecule has 2 saturated heterocycles. The van der Waals surface area contributed by atoms with Crippen molar-refractivity contribution in [3.63, 3.8) is 0 Å². The predicted octanol–water partition coefficient (Wildman–Crippen LogP) is 2.51. The molecule has 8 heteroatoms. The number of sulfonamides is 1. The Bertz CT molecular complexity index is 944. The van der Waals surface area contributed by atoms with Crippen LogP contribution in [0, 0.1) is 6.92 Å². The zero-order valence-electron chi connectivity index (χ0n) is 16.7. The molecule has 4 rings (SSSR count). The molecule has 0 atom stereocenters. The van der Waals surface area contributed by atoms with Gasteiger partial charge < -0.3 is 9.80 Å². The molecule has 0 spiro atoms. The Balaban J connectivity index is 1.35. The van der Waals surface area contributed by atoms with Gasteiger partial charge in [-0.25, -0.2) is 8.42 Å². The second-order valence-corrected chi connectivity index (χ2v) is 9.41. The molecule has 1 aromatic carbocycles. The van der Waals surface area contributed by atoms with Crippen LogP contribution in [0.3, 0.4) is 0 Å². The van der Waals surface area contributed by atoms with Crippen LogP contribution in [-0.2, 0) is 10.0 Å². The quantitative estimate of drug-likeness (QED) is 0.750. The van der Waals surface area contributed by atoms with E-state index in [9.17, 15) is 8.42 Å². The molecular formula is C21H27N5O2S. The molecule has 3 heterocycles. The van der Waals surface area contributed by atoms with Crippen LogP contribution in [0.25, 0.3) is 6.08 Å². The first-order valence-corrected chi connectivity index (χ1v) is 11.6. The summed E-state index contributed by atoms with van der Waals surface area (Å²) < 4.78 is 26.8. The van der Waals surface area contributed by atoms with Crippen LogP contribution in [0.1, 0.15) is 24.0 Å². The maximum Gasteiger partial charge on any atom is 0.236 e. The smallest absolute Gasteiger partial charge is 0.236 e. The fourth-order valence-corrected chi connectivity index (χ4v) is 4.88. The highest BCUT2D eigenvalue weighted by Gasteiger charge is 2.26. The molecule has 0 bridgehead atoms. The van der Waals surface area contributed by atoms with Crippen LogP contribution in [0.5, 0.6) is 0 Å². The number of piperazine rings is 1. The Hall–Kier alpha value is -2.45. The third-order valence-corrected chi connectivity index (χ3v) is 7.06. The molecule has 7 nitrogen and oxygen atoms in total. The van der Waals surface area contributed by atoms with Crippen molar-refractivity contribution in [1.82, 2.24) is 14.5 Å². The van der Waals surface area contributed by atoms with Crippen LogP contribution in [-0.4, -0.2) is 62.2 Å². The Morgan fingerprint density at radius 2 is 1.34 bits per heavy atom. The minimum absolute atomic E-state index is 0.441. The zero-order chi connectivity index (χ0) is 20.3. The van der Waals surface area contributed by atoms with E-state index in [0.717, 1.165) is 35.9 Å². The zero-order valence-corrected chi connectivity index (χ0v) is 17.6. The topological polar surface area (TPSA) is 69.6 Å². The Morgan fingerprint density at radius 1 is 0.793 bits per heavy atom. The molecule has 2 aromatic rings. The standard InChI is InChI=1S/C21H27N5O2S/c1-18-4-6-19(7-5-18)10-17-29(27,28)26-15-13-25(14-16-26)21-9-8-20(22-23-21)24-11-2-3-12-24/h4-10,17H,2-3,11-16H2,1H3/b17-10+. The van der Waals surface area contributed by atoms with Gasteiger partial charge in [-0.3, -0.25) is 0 Å². The second-order valence-electron chi connectivity index (χ2n) is 7.59.